The molecule has 3 aromatic rings. The van der Waals surface area contributed by atoms with Gasteiger partial charge in [0.25, 0.3) is 5.91 Å². The molecule has 0 aliphatic rings. The van der Waals surface area contributed by atoms with Crippen LogP contribution >= 0.6 is 0 Å². The molecule has 0 unspecified atom stereocenters. The van der Waals surface area contributed by atoms with E-state index in [2.05, 4.69) is 5.32 Å². The minimum atomic E-state index is -0.251. The Labute approximate surface area is 151 Å². The Morgan fingerprint density at radius 2 is 1.65 bits per heavy atom. The Bertz CT molecular complexity index is 958. The average Bonchev–Trinajstić information content (AvgIpc) is 3.05. The zero-order valence-electron chi connectivity index (χ0n) is 14.9. The molecule has 0 fully saturated rings. The second-order valence-corrected chi connectivity index (χ2v) is 5.85. The van der Waals surface area contributed by atoms with Crippen LogP contribution in [0.1, 0.15) is 27.6 Å². The van der Waals surface area contributed by atoms with Crippen LogP contribution in [-0.4, -0.2) is 30.6 Å². The van der Waals surface area contributed by atoms with Crippen molar-refractivity contribution in [3.8, 4) is 11.5 Å². The summed E-state index contributed by atoms with van der Waals surface area (Å²) in [5.41, 5.74) is 2.06. The number of benzene rings is 2. The topological polar surface area (TPSA) is 69.6 Å². The number of rotatable bonds is 5. The Balaban J connectivity index is 1.87. The van der Waals surface area contributed by atoms with Gasteiger partial charge < -0.3 is 14.8 Å². The average molecular weight is 352 g/mol. The normalized spacial score (nSPS) is 10.6. The zero-order chi connectivity index (χ0) is 18.7. The van der Waals surface area contributed by atoms with Crippen molar-refractivity contribution < 1.29 is 19.1 Å². The van der Waals surface area contributed by atoms with Crippen molar-refractivity contribution in [1.29, 1.82) is 0 Å². The van der Waals surface area contributed by atoms with Gasteiger partial charge in [-0.05, 0) is 35.9 Å². The predicted molar refractivity (Wildman–Crippen MR) is 99.0 cm³/mol. The van der Waals surface area contributed by atoms with Gasteiger partial charge in [-0.1, -0.05) is 12.1 Å². The van der Waals surface area contributed by atoms with Crippen LogP contribution in [0, 0.1) is 0 Å². The van der Waals surface area contributed by atoms with Crippen molar-refractivity contribution >= 4 is 22.7 Å². The fourth-order valence-corrected chi connectivity index (χ4v) is 2.80. The number of hydrogen-bond donors (Lipinski definition) is 1. The quantitative estimate of drug-likeness (QED) is 0.765. The minimum Gasteiger partial charge on any atom is -0.497 e. The van der Waals surface area contributed by atoms with Crippen LogP contribution in [0.3, 0.4) is 0 Å². The van der Waals surface area contributed by atoms with E-state index in [9.17, 15) is 9.59 Å². The maximum atomic E-state index is 12.7. The SMILES string of the molecule is COc1ccc(CNC(=O)c2cn(C(C)=O)c3ccc(OC)cc23)cc1. The molecule has 0 saturated carbocycles. The molecule has 0 radical (unpaired) electrons. The molecule has 0 aliphatic heterocycles. The summed E-state index contributed by atoms with van der Waals surface area (Å²) < 4.78 is 11.8. The summed E-state index contributed by atoms with van der Waals surface area (Å²) in [4.78, 5) is 24.6. The molecule has 0 spiro atoms. The molecule has 26 heavy (non-hydrogen) atoms. The van der Waals surface area contributed by atoms with Crippen molar-refractivity contribution in [3.63, 3.8) is 0 Å². The van der Waals surface area contributed by atoms with E-state index in [1.165, 1.54) is 11.5 Å². The third-order valence-electron chi connectivity index (χ3n) is 4.21. The summed E-state index contributed by atoms with van der Waals surface area (Å²) in [7, 11) is 3.17. The Hall–Kier alpha value is -3.28. The summed E-state index contributed by atoms with van der Waals surface area (Å²) in [5, 5.41) is 3.56. The van der Waals surface area contributed by atoms with E-state index >= 15 is 0 Å². The van der Waals surface area contributed by atoms with Gasteiger partial charge in [-0.2, -0.15) is 0 Å². The van der Waals surface area contributed by atoms with Crippen LogP contribution < -0.4 is 14.8 Å². The molecule has 1 N–H and O–H groups in total. The van der Waals surface area contributed by atoms with Gasteiger partial charge in [0.1, 0.15) is 11.5 Å². The third kappa shape index (κ3) is 3.39. The van der Waals surface area contributed by atoms with Crippen LogP contribution in [0.4, 0.5) is 0 Å². The minimum absolute atomic E-state index is 0.158. The number of carbonyl (C=O) groups excluding carboxylic acids is 2. The summed E-state index contributed by atoms with van der Waals surface area (Å²) in [5.74, 6) is 0.980. The number of hydrogen-bond acceptors (Lipinski definition) is 4. The van der Waals surface area contributed by atoms with Gasteiger partial charge in [0, 0.05) is 25.1 Å². The molecule has 1 amide bonds. The number of aromatic nitrogens is 1. The van der Waals surface area contributed by atoms with Crippen LogP contribution in [0.5, 0.6) is 11.5 Å². The Morgan fingerprint density at radius 1 is 1.00 bits per heavy atom. The molecule has 134 valence electrons. The molecule has 3 rings (SSSR count). The molecular weight excluding hydrogens is 332 g/mol. The van der Waals surface area contributed by atoms with Gasteiger partial charge in [0.15, 0.2) is 0 Å². The van der Waals surface area contributed by atoms with Crippen molar-refractivity contribution in [3.05, 3.63) is 59.8 Å². The smallest absolute Gasteiger partial charge is 0.253 e. The van der Waals surface area contributed by atoms with E-state index in [1.54, 1.807) is 38.6 Å². The van der Waals surface area contributed by atoms with Crippen molar-refractivity contribution in [2.75, 3.05) is 14.2 Å². The first kappa shape index (κ1) is 17.5. The van der Waals surface area contributed by atoms with Crippen LogP contribution in [0.2, 0.25) is 0 Å². The van der Waals surface area contributed by atoms with Crippen LogP contribution in [0.15, 0.2) is 48.7 Å². The van der Waals surface area contributed by atoms with E-state index in [4.69, 9.17) is 9.47 Å². The van der Waals surface area contributed by atoms with Crippen molar-refractivity contribution in [1.82, 2.24) is 9.88 Å². The molecule has 1 heterocycles. The first-order valence-corrected chi connectivity index (χ1v) is 8.14. The van der Waals surface area contributed by atoms with Gasteiger partial charge >= 0.3 is 0 Å². The summed E-state index contributed by atoms with van der Waals surface area (Å²) in [6.07, 6.45) is 1.57. The number of methoxy groups -OCH3 is 2. The van der Waals surface area contributed by atoms with Gasteiger partial charge in [-0.3, -0.25) is 14.2 Å². The second kappa shape index (κ2) is 7.31. The highest BCUT2D eigenvalue weighted by molar-refractivity contribution is 6.09. The maximum Gasteiger partial charge on any atom is 0.253 e. The molecule has 2 aromatic carbocycles. The lowest BCUT2D eigenvalue weighted by atomic mass is 10.1. The fourth-order valence-electron chi connectivity index (χ4n) is 2.80. The fraction of sp³-hybridized carbons (Fsp3) is 0.200. The Morgan fingerprint density at radius 3 is 2.27 bits per heavy atom. The molecule has 0 atom stereocenters. The van der Waals surface area contributed by atoms with E-state index in [-0.39, 0.29) is 11.8 Å². The predicted octanol–water partition coefficient (Wildman–Crippen LogP) is 3.25. The number of carbonyl (C=O) groups is 2. The molecule has 0 saturated heterocycles. The van der Waals surface area contributed by atoms with Crippen molar-refractivity contribution in [2.45, 2.75) is 13.5 Å². The summed E-state index contributed by atoms with van der Waals surface area (Å²) in [6.45, 7) is 1.84. The summed E-state index contributed by atoms with van der Waals surface area (Å²) in [6, 6.07) is 12.8. The number of ether oxygens (including phenoxy) is 2. The van der Waals surface area contributed by atoms with Gasteiger partial charge in [-0.25, -0.2) is 0 Å². The van der Waals surface area contributed by atoms with E-state index in [0.29, 0.717) is 28.8 Å². The maximum absolute atomic E-state index is 12.7. The summed E-state index contributed by atoms with van der Waals surface area (Å²) >= 11 is 0. The van der Waals surface area contributed by atoms with Gasteiger partial charge in [0.05, 0.1) is 25.3 Å². The molecule has 6 heteroatoms. The molecule has 6 nitrogen and oxygen atoms in total. The number of fused-ring (bicyclic) bond motifs is 1. The van der Waals surface area contributed by atoms with E-state index in [1.807, 2.05) is 24.3 Å². The number of nitrogens with one attached hydrogen (secondary N) is 1. The zero-order valence-corrected chi connectivity index (χ0v) is 14.9. The van der Waals surface area contributed by atoms with Crippen LogP contribution in [-0.2, 0) is 6.54 Å². The lowest BCUT2D eigenvalue weighted by molar-refractivity contribution is 0.0941. The highest BCUT2D eigenvalue weighted by atomic mass is 16.5. The van der Waals surface area contributed by atoms with Crippen molar-refractivity contribution in [2.24, 2.45) is 0 Å². The highest BCUT2D eigenvalue weighted by Crippen LogP contribution is 2.26. The molecule has 0 bridgehead atoms. The lowest BCUT2D eigenvalue weighted by Gasteiger charge is -2.06. The first-order valence-electron chi connectivity index (χ1n) is 8.14. The van der Waals surface area contributed by atoms with E-state index < -0.39 is 0 Å². The van der Waals surface area contributed by atoms with Crippen LogP contribution in [0.25, 0.3) is 10.9 Å². The standard InChI is InChI=1S/C20H20N2O4/c1-13(23)22-12-18(17-10-16(26-3)8-9-19(17)22)20(24)21-11-14-4-6-15(25-2)7-5-14/h4-10,12H,11H2,1-3H3,(H,21,24). The monoisotopic (exact) mass is 352 g/mol. The lowest BCUT2D eigenvalue weighted by Crippen LogP contribution is -2.22. The molecule has 1 aromatic heterocycles. The molecular formula is C20H20N2O4. The third-order valence-corrected chi connectivity index (χ3v) is 4.21. The Kier molecular flexibility index (Phi) is 4.93. The number of amides is 1. The highest BCUT2D eigenvalue weighted by Gasteiger charge is 2.17. The van der Waals surface area contributed by atoms with Gasteiger partial charge in [0.2, 0.25) is 5.91 Å². The van der Waals surface area contributed by atoms with E-state index in [0.717, 1.165) is 11.3 Å². The second-order valence-electron chi connectivity index (χ2n) is 5.85. The molecule has 0 aliphatic carbocycles. The first-order chi connectivity index (χ1) is 12.5. The van der Waals surface area contributed by atoms with Gasteiger partial charge in [-0.15, -0.1) is 0 Å². The largest absolute Gasteiger partial charge is 0.497 e. The number of nitrogens with zero attached hydrogens (tertiary/aromatic N) is 1.